The number of carbonyl (C=O) groups is 3. The summed E-state index contributed by atoms with van der Waals surface area (Å²) in [5.41, 5.74) is 0.855. The van der Waals surface area contributed by atoms with Crippen LogP contribution >= 0.6 is 11.8 Å². The number of aliphatic imine (C=N–C) groups is 1. The van der Waals surface area contributed by atoms with Crippen LogP contribution in [0.1, 0.15) is 23.2 Å². The van der Waals surface area contributed by atoms with Gasteiger partial charge in [0.2, 0.25) is 5.76 Å². The lowest BCUT2D eigenvalue weighted by Gasteiger charge is -2.27. The van der Waals surface area contributed by atoms with E-state index >= 15 is 0 Å². The molecular weight excluding hydrogens is 358 g/mol. The van der Waals surface area contributed by atoms with Crippen molar-refractivity contribution < 1.29 is 28.1 Å². The summed E-state index contributed by atoms with van der Waals surface area (Å²) in [5.74, 6) is 0.0907. The van der Waals surface area contributed by atoms with E-state index in [1.807, 2.05) is 6.92 Å². The van der Waals surface area contributed by atoms with Crippen molar-refractivity contribution in [2.45, 2.75) is 12.7 Å². The van der Waals surface area contributed by atoms with Crippen molar-refractivity contribution in [2.75, 3.05) is 21.2 Å². The summed E-state index contributed by atoms with van der Waals surface area (Å²) in [6, 6.07) is 2.84. The monoisotopic (exact) mass is 376 g/mol. The van der Waals surface area contributed by atoms with Crippen LogP contribution in [0.2, 0.25) is 0 Å². The van der Waals surface area contributed by atoms with Crippen molar-refractivity contribution in [1.29, 1.82) is 0 Å². The molecule has 1 aromatic rings. The number of dihydropyridines is 1. The van der Waals surface area contributed by atoms with Gasteiger partial charge in [0, 0.05) is 4.91 Å². The van der Waals surface area contributed by atoms with Gasteiger partial charge in [-0.1, -0.05) is 0 Å². The summed E-state index contributed by atoms with van der Waals surface area (Å²) in [6.45, 7) is 1.87. The number of furan rings is 1. The predicted octanol–water partition coefficient (Wildman–Crippen LogP) is 1.91. The molecule has 3 heterocycles. The number of fused-ring (bicyclic) bond motifs is 1. The largest absolute Gasteiger partial charge is 0.463 e. The smallest absolute Gasteiger partial charge is 0.445 e. The van der Waals surface area contributed by atoms with E-state index in [-0.39, 0.29) is 11.7 Å². The Labute approximate surface area is 154 Å². The number of amidine groups is 1. The second kappa shape index (κ2) is 6.91. The van der Waals surface area contributed by atoms with Gasteiger partial charge >= 0.3 is 17.9 Å². The Morgan fingerprint density at radius 3 is 2.85 bits per heavy atom. The lowest BCUT2D eigenvalue weighted by Crippen LogP contribution is -2.52. The number of hydrogen-bond donors (Lipinski definition) is 0. The molecule has 0 bridgehead atoms. The first kappa shape index (κ1) is 18.1. The van der Waals surface area contributed by atoms with E-state index in [2.05, 4.69) is 9.73 Å². The van der Waals surface area contributed by atoms with Crippen LogP contribution in [0, 0.1) is 5.92 Å². The summed E-state index contributed by atoms with van der Waals surface area (Å²) in [5, 5.41) is 0. The number of rotatable bonds is 4. The number of carbonyl (C=O) groups excluding carboxylic acids is 3. The topological polar surface area (TPSA) is 92.2 Å². The third-order valence-corrected chi connectivity index (χ3v) is 5.51. The van der Waals surface area contributed by atoms with Gasteiger partial charge < -0.3 is 9.15 Å². The van der Waals surface area contributed by atoms with Crippen molar-refractivity contribution in [3.63, 3.8) is 0 Å². The fraction of sp³-hybridized carbons (Fsp3) is 0.353. The maximum Gasteiger partial charge on any atom is 0.445 e. The molecule has 8 nitrogen and oxygen atoms in total. The van der Waals surface area contributed by atoms with E-state index in [0.717, 1.165) is 15.4 Å². The molecule has 9 heteroatoms. The van der Waals surface area contributed by atoms with Gasteiger partial charge in [-0.25, -0.2) is 9.59 Å². The maximum atomic E-state index is 12.7. The molecule has 26 heavy (non-hydrogen) atoms. The third kappa shape index (κ3) is 2.98. The van der Waals surface area contributed by atoms with Gasteiger partial charge in [-0.15, -0.1) is 16.8 Å². The van der Waals surface area contributed by atoms with Crippen LogP contribution in [0.15, 0.2) is 32.0 Å². The van der Waals surface area contributed by atoms with Crippen LogP contribution in [0.3, 0.4) is 0 Å². The Morgan fingerprint density at radius 2 is 2.15 bits per heavy atom. The first-order valence-corrected chi connectivity index (χ1v) is 8.80. The fourth-order valence-electron chi connectivity index (χ4n) is 2.77. The minimum absolute atomic E-state index is 0.130. The zero-order valence-corrected chi connectivity index (χ0v) is 15.6. The van der Waals surface area contributed by atoms with E-state index in [9.17, 15) is 14.4 Å². The highest BCUT2D eigenvalue weighted by Crippen LogP contribution is 2.36. The van der Waals surface area contributed by atoms with Crippen molar-refractivity contribution in [2.24, 2.45) is 10.9 Å². The molecule has 0 N–H and O–H groups in total. The number of imide groups is 1. The Morgan fingerprint density at radius 1 is 1.42 bits per heavy atom. The fourth-order valence-corrected chi connectivity index (χ4v) is 3.88. The number of amides is 3. The van der Waals surface area contributed by atoms with Crippen LogP contribution in [0.25, 0.3) is 0 Å². The van der Waals surface area contributed by atoms with E-state index < -0.39 is 17.9 Å². The van der Waals surface area contributed by atoms with Gasteiger partial charge in [-0.2, -0.15) is 9.48 Å². The SMILES string of the molecule is COC(=O)c1ccc(CSC2=C(C)C=NC3=[N+](C)C(=O)N(C)C(=O)C23)o1. The summed E-state index contributed by atoms with van der Waals surface area (Å²) in [4.78, 5) is 42.4. The Hall–Kier alpha value is -2.68. The molecular formula is C17H18N3O5S+. The molecule has 0 fully saturated rings. The molecule has 1 atom stereocenters. The number of methoxy groups -OCH3 is 1. The van der Waals surface area contributed by atoms with Crippen molar-refractivity contribution >= 4 is 41.7 Å². The normalized spacial score (nSPS) is 20.0. The molecule has 3 amide bonds. The quantitative estimate of drug-likeness (QED) is 0.589. The Kier molecular flexibility index (Phi) is 4.82. The second-order valence-corrected chi connectivity index (χ2v) is 6.90. The number of nitrogens with zero attached hydrogens (tertiary/aromatic N) is 3. The van der Waals surface area contributed by atoms with E-state index in [1.165, 1.54) is 30.5 Å². The number of hydrogen-bond acceptors (Lipinski definition) is 7. The predicted molar refractivity (Wildman–Crippen MR) is 95.4 cm³/mol. The Balaban J connectivity index is 1.86. The molecule has 0 radical (unpaired) electrons. The molecule has 2 aliphatic rings. The number of urea groups is 1. The second-order valence-electron chi connectivity index (χ2n) is 5.88. The van der Waals surface area contributed by atoms with Crippen LogP contribution in [-0.4, -0.2) is 60.6 Å². The zero-order chi connectivity index (χ0) is 19.0. The van der Waals surface area contributed by atoms with Gasteiger partial charge in [-0.05, 0) is 24.6 Å². The number of ether oxygens (including phenoxy) is 1. The van der Waals surface area contributed by atoms with Gasteiger partial charge in [0.1, 0.15) is 12.0 Å². The summed E-state index contributed by atoms with van der Waals surface area (Å²) in [7, 11) is 4.35. The number of thioether (sulfide) groups is 1. The number of allylic oxidation sites excluding steroid dienone is 1. The van der Waals surface area contributed by atoms with Gasteiger partial charge in [0.05, 0.1) is 27.0 Å². The van der Waals surface area contributed by atoms with Crippen LogP contribution in [0.5, 0.6) is 0 Å². The summed E-state index contributed by atoms with van der Waals surface area (Å²) >= 11 is 1.42. The lowest BCUT2D eigenvalue weighted by molar-refractivity contribution is -0.407. The molecule has 0 aromatic carbocycles. The molecule has 1 aromatic heterocycles. The number of esters is 1. The summed E-state index contributed by atoms with van der Waals surface area (Å²) in [6.07, 6.45) is 1.65. The first-order valence-electron chi connectivity index (χ1n) is 7.82. The summed E-state index contributed by atoms with van der Waals surface area (Å²) < 4.78 is 11.5. The highest BCUT2D eigenvalue weighted by atomic mass is 32.2. The molecule has 0 saturated carbocycles. The molecule has 2 aliphatic heterocycles. The average Bonchev–Trinajstić information content (AvgIpc) is 3.11. The highest BCUT2D eigenvalue weighted by Gasteiger charge is 2.47. The Bertz CT molecular complexity index is 896. The maximum absolute atomic E-state index is 12.7. The first-order chi connectivity index (χ1) is 12.3. The van der Waals surface area contributed by atoms with Crippen LogP contribution in [0.4, 0.5) is 4.79 Å². The van der Waals surface area contributed by atoms with E-state index in [4.69, 9.17) is 4.42 Å². The average molecular weight is 376 g/mol. The zero-order valence-electron chi connectivity index (χ0n) is 14.8. The molecule has 0 spiro atoms. The molecule has 3 rings (SSSR count). The lowest BCUT2D eigenvalue weighted by atomic mass is 9.99. The van der Waals surface area contributed by atoms with Crippen molar-refractivity contribution in [1.82, 2.24) is 4.90 Å². The minimum Gasteiger partial charge on any atom is -0.463 e. The molecule has 0 saturated heterocycles. The van der Waals surface area contributed by atoms with Crippen LogP contribution < -0.4 is 0 Å². The van der Waals surface area contributed by atoms with Crippen molar-refractivity contribution in [3.05, 3.63) is 34.1 Å². The molecule has 1 unspecified atom stereocenters. The van der Waals surface area contributed by atoms with E-state index in [1.54, 1.807) is 25.4 Å². The van der Waals surface area contributed by atoms with Crippen molar-refractivity contribution in [3.8, 4) is 0 Å². The van der Waals surface area contributed by atoms with E-state index in [0.29, 0.717) is 17.3 Å². The van der Waals surface area contributed by atoms with Gasteiger partial charge in [0.15, 0.2) is 5.92 Å². The van der Waals surface area contributed by atoms with Gasteiger partial charge in [0.25, 0.3) is 5.84 Å². The minimum atomic E-state index is -0.618. The highest BCUT2D eigenvalue weighted by molar-refractivity contribution is 8.02. The third-order valence-electron chi connectivity index (χ3n) is 4.21. The molecule has 136 valence electrons. The van der Waals surface area contributed by atoms with Gasteiger partial charge in [-0.3, -0.25) is 4.79 Å². The van der Waals surface area contributed by atoms with Crippen LogP contribution in [-0.2, 0) is 15.3 Å². The standard InChI is InChI=1S/C17H18N3O5S/c1-9-7-18-14-12(15(21)20(3)17(23)19(14)2)13(9)26-8-10-5-6-11(25-10)16(22)24-4/h5-7,12H,8H2,1-4H3/q+1. The molecule has 0 aliphatic carbocycles.